The third-order valence-corrected chi connectivity index (χ3v) is 4.25. The lowest BCUT2D eigenvalue weighted by Gasteiger charge is -2.29. The average Bonchev–Trinajstić information content (AvgIpc) is 2.46. The summed E-state index contributed by atoms with van der Waals surface area (Å²) in [6.07, 6.45) is 2.10. The quantitative estimate of drug-likeness (QED) is 0.858. The Morgan fingerprint density at radius 2 is 1.75 bits per heavy atom. The number of halogens is 1. The van der Waals surface area contributed by atoms with Gasteiger partial charge in [0, 0.05) is 12.2 Å². The molecule has 0 bridgehead atoms. The highest BCUT2D eigenvalue weighted by atomic mass is 19.1. The number of hydrogen-bond acceptors (Lipinski definition) is 1. The summed E-state index contributed by atoms with van der Waals surface area (Å²) in [6.45, 7) is 5.33. The average molecular weight is 269 g/mol. The molecule has 1 heterocycles. The van der Waals surface area contributed by atoms with E-state index in [1.807, 2.05) is 12.1 Å². The van der Waals surface area contributed by atoms with Crippen LogP contribution in [0.25, 0.3) is 0 Å². The molecule has 104 valence electrons. The molecule has 2 heteroatoms. The molecule has 1 aliphatic rings. The van der Waals surface area contributed by atoms with Crippen LogP contribution in [0, 0.1) is 25.6 Å². The van der Waals surface area contributed by atoms with Crippen molar-refractivity contribution in [2.75, 3.05) is 11.9 Å². The van der Waals surface area contributed by atoms with Crippen LogP contribution in [0.2, 0.25) is 0 Å². The molecular formula is C18H20FN. The summed E-state index contributed by atoms with van der Waals surface area (Å²) >= 11 is 0. The predicted octanol–water partition coefficient (Wildman–Crippen LogP) is 4.27. The molecule has 0 spiro atoms. The van der Waals surface area contributed by atoms with E-state index in [-0.39, 0.29) is 5.82 Å². The van der Waals surface area contributed by atoms with Gasteiger partial charge in [-0.2, -0.15) is 0 Å². The van der Waals surface area contributed by atoms with Gasteiger partial charge in [-0.3, -0.25) is 0 Å². The van der Waals surface area contributed by atoms with Gasteiger partial charge in [0.25, 0.3) is 0 Å². The zero-order chi connectivity index (χ0) is 14.1. The van der Waals surface area contributed by atoms with Crippen LogP contribution in [-0.2, 0) is 12.8 Å². The predicted molar refractivity (Wildman–Crippen MR) is 81.7 cm³/mol. The second kappa shape index (κ2) is 5.28. The summed E-state index contributed by atoms with van der Waals surface area (Å²) < 4.78 is 12.9. The lowest BCUT2D eigenvalue weighted by Crippen LogP contribution is -2.26. The first-order valence-corrected chi connectivity index (χ1v) is 7.21. The zero-order valence-corrected chi connectivity index (χ0v) is 12.0. The van der Waals surface area contributed by atoms with E-state index in [1.165, 1.54) is 27.9 Å². The van der Waals surface area contributed by atoms with Crippen molar-refractivity contribution >= 4 is 5.69 Å². The van der Waals surface area contributed by atoms with Crippen molar-refractivity contribution in [2.24, 2.45) is 5.92 Å². The normalized spacial score (nSPS) is 17.4. The van der Waals surface area contributed by atoms with E-state index in [4.69, 9.17) is 0 Å². The highest BCUT2D eigenvalue weighted by Gasteiger charge is 2.21. The Morgan fingerprint density at radius 1 is 1.05 bits per heavy atom. The second-order valence-corrected chi connectivity index (χ2v) is 5.83. The Bertz CT molecular complexity index is 616. The summed E-state index contributed by atoms with van der Waals surface area (Å²) in [7, 11) is 0. The van der Waals surface area contributed by atoms with Gasteiger partial charge in [-0.1, -0.05) is 24.3 Å². The van der Waals surface area contributed by atoms with Crippen molar-refractivity contribution in [3.05, 3.63) is 64.5 Å². The van der Waals surface area contributed by atoms with Crippen molar-refractivity contribution in [3.63, 3.8) is 0 Å². The van der Waals surface area contributed by atoms with Crippen LogP contribution in [0.3, 0.4) is 0 Å². The van der Waals surface area contributed by atoms with Crippen LogP contribution in [0.15, 0.2) is 36.4 Å². The fourth-order valence-corrected chi connectivity index (χ4v) is 3.08. The smallest absolute Gasteiger partial charge is 0.123 e. The highest BCUT2D eigenvalue weighted by molar-refractivity contribution is 5.61. The van der Waals surface area contributed by atoms with Crippen LogP contribution in [0.1, 0.15) is 22.3 Å². The number of hydrogen-bond donors (Lipinski definition) is 1. The Balaban J connectivity index is 1.78. The van der Waals surface area contributed by atoms with Crippen LogP contribution in [0.4, 0.5) is 10.1 Å². The first kappa shape index (κ1) is 13.2. The minimum absolute atomic E-state index is 0.160. The van der Waals surface area contributed by atoms with E-state index in [0.717, 1.165) is 19.4 Å². The number of aryl methyl sites for hydroxylation is 2. The molecule has 2 aromatic rings. The minimum atomic E-state index is -0.160. The standard InChI is InChI=1S/C18H20FN/c1-12-3-4-13(2)18-17(12)10-15(11-20-18)9-14-5-7-16(19)8-6-14/h3-8,15,20H,9-11H2,1-2H3. The molecule has 20 heavy (non-hydrogen) atoms. The van der Waals surface area contributed by atoms with E-state index < -0.39 is 0 Å². The molecule has 0 aromatic heterocycles. The molecule has 0 saturated heterocycles. The second-order valence-electron chi connectivity index (χ2n) is 5.83. The minimum Gasteiger partial charge on any atom is -0.384 e. The molecule has 2 aromatic carbocycles. The maximum atomic E-state index is 12.9. The van der Waals surface area contributed by atoms with Gasteiger partial charge in [-0.25, -0.2) is 4.39 Å². The van der Waals surface area contributed by atoms with Crippen molar-refractivity contribution in [3.8, 4) is 0 Å². The van der Waals surface area contributed by atoms with Gasteiger partial charge in [-0.15, -0.1) is 0 Å². The topological polar surface area (TPSA) is 12.0 Å². The van der Waals surface area contributed by atoms with Gasteiger partial charge >= 0.3 is 0 Å². The Hall–Kier alpha value is -1.83. The molecule has 1 unspecified atom stereocenters. The SMILES string of the molecule is Cc1ccc(C)c2c1CC(Cc1ccc(F)cc1)CN2. The summed E-state index contributed by atoms with van der Waals surface area (Å²) in [5, 5.41) is 3.58. The molecule has 0 aliphatic carbocycles. The van der Waals surface area contributed by atoms with E-state index in [2.05, 4.69) is 31.3 Å². The number of rotatable bonds is 2. The largest absolute Gasteiger partial charge is 0.384 e. The van der Waals surface area contributed by atoms with Crippen molar-refractivity contribution in [1.29, 1.82) is 0 Å². The molecule has 1 N–H and O–H groups in total. The number of benzene rings is 2. The molecule has 0 saturated carbocycles. The molecule has 1 nitrogen and oxygen atoms in total. The Morgan fingerprint density at radius 3 is 2.50 bits per heavy atom. The van der Waals surface area contributed by atoms with Crippen LogP contribution >= 0.6 is 0 Å². The third kappa shape index (κ3) is 2.55. The van der Waals surface area contributed by atoms with Gasteiger partial charge in [0.2, 0.25) is 0 Å². The van der Waals surface area contributed by atoms with Crippen molar-refractivity contribution < 1.29 is 4.39 Å². The van der Waals surface area contributed by atoms with E-state index in [0.29, 0.717) is 5.92 Å². The molecule has 0 fully saturated rings. The molecule has 3 rings (SSSR count). The summed E-state index contributed by atoms with van der Waals surface area (Å²) in [4.78, 5) is 0. The first-order valence-electron chi connectivity index (χ1n) is 7.21. The number of nitrogens with one attached hydrogen (secondary N) is 1. The van der Waals surface area contributed by atoms with Gasteiger partial charge in [0.1, 0.15) is 5.82 Å². The van der Waals surface area contributed by atoms with Crippen LogP contribution in [-0.4, -0.2) is 6.54 Å². The first-order chi connectivity index (χ1) is 9.63. The Labute approximate surface area is 119 Å². The highest BCUT2D eigenvalue weighted by Crippen LogP contribution is 2.31. The van der Waals surface area contributed by atoms with E-state index in [1.54, 1.807) is 12.1 Å². The monoisotopic (exact) mass is 269 g/mol. The summed E-state index contributed by atoms with van der Waals surface area (Å²) in [5.74, 6) is 0.417. The lowest BCUT2D eigenvalue weighted by molar-refractivity contribution is 0.532. The lowest BCUT2D eigenvalue weighted by atomic mass is 9.86. The molecule has 1 atom stereocenters. The molecular weight excluding hydrogens is 249 g/mol. The maximum Gasteiger partial charge on any atom is 0.123 e. The van der Waals surface area contributed by atoms with E-state index in [9.17, 15) is 4.39 Å². The Kier molecular flexibility index (Phi) is 3.47. The van der Waals surface area contributed by atoms with Crippen LogP contribution in [0.5, 0.6) is 0 Å². The summed E-state index contributed by atoms with van der Waals surface area (Å²) in [5.41, 5.74) is 6.67. The number of anilines is 1. The molecule has 0 radical (unpaired) electrons. The van der Waals surface area contributed by atoms with Gasteiger partial charge in [-0.05, 0) is 67.0 Å². The molecule has 0 amide bonds. The third-order valence-electron chi connectivity index (χ3n) is 4.25. The van der Waals surface area contributed by atoms with Gasteiger partial charge in [0.05, 0.1) is 0 Å². The fraction of sp³-hybridized carbons (Fsp3) is 0.333. The van der Waals surface area contributed by atoms with Crippen molar-refractivity contribution in [1.82, 2.24) is 0 Å². The van der Waals surface area contributed by atoms with Gasteiger partial charge in [0.15, 0.2) is 0 Å². The fourth-order valence-electron chi connectivity index (χ4n) is 3.08. The summed E-state index contributed by atoms with van der Waals surface area (Å²) in [6, 6.07) is 11.3. The van der Waals surface area contributed by atoms with Gasteiger partial charge < -0.3 is 5.32 Å². The van der Waals surface area contributed by atoms with Crippen LogP contribution < -0.4 is 5.32 Å². The number of fused-ring (bicyclic) bond motifs is 1. The van der Waals surface area contributed by atoms with E-state index >= 15 is 0 Å². The van der Waals surface area contributed by atoms with Crippen molar-refractivity contribution in [2.45, 2.75) is 26.7 Å². The zero-order valence-electron chi connectivity index (χ0n) is 12.0. The molecule has 1 aliphatic heterocycles. The maximum absolute atomic E-state index is 12.9.